The molecule has 0 spiro atoms. The number of aliphatic hydroxyl groups is 1. The van der Waals surface area contributed by atoms with Crippen molar-refractivity contribution in [2.24, 2.45) is 11.8 Å². The highest BCUT2D eigenvalue weighted by atomic mass is 79.9. The number of benzene rings is 2. The fourth-order valence-electron chi connectivity index (χ4n) is 7.19. The van der Waals surface area contributed by atoms with E-state index >= 15 is 8.78 Å². The Morgan fingerprint density at radius 3 is 2.66 bits per heavy atom. The summed E-state index contributed by atoms with van der Waals surface area (Å²) in [4.78, 5) is 41.7. The van der Waals surface area contributed by atoms with Crippen molar-refractivity contribution in [1.82, 2.24) is 15.5 Å². The summed E-state index contributed by atoms with van der Waals surface area (Å²) in [5, 5.41) is 27.3. The summed E-state index contributed by atoms with van der Waals surface area (Å²) in [7, 11) is 0. The van der Waals surface area contributed by atoms with E-state index in [1.165, 1.54) is 0 Å². The summed E-state index contributed by atoms with van der Waals surface area (Å²) < 4.78 is 31.2. The van der Waals surface area contributed by atoms with Crippen molar-refractivity contribution in [3.05, 3.63) is 58.1 Å². The van der Waals surface area contributed by atoms with E-state index in [0.29, 0.717) is 39.7 Å². The van der Waals surface area contributed by atoms with Gasteiger partial charge in [-0.1, -0.05) is 46.3 Å². The lowest BCUT2D eigenvalue weighted by Crippen LogP contribution is -2.70. The third-order valence-electron chi connectivity index (χ3n) is 9.12. The molecule has 8 nitrogen and oxygen atoms in total. The molecule has 3 heterocycles. The van der Waals surface area contributed by atoms with Gasteiger partial charge >= 0.3 is 0 Å². The maximum absolute atomic E-state index is 15.3. The lowest BCUT2D eigenvalue weighted by Gasteiger charge is -2.54. The number of carbonyl (C=O) groups is 3. The van der Waals surface area contributed by atoms with Crippen molar-refractivity contribution >= 4 is 33.7 Å². The Bertz CT molecular complexity index is 1480. The lowest BCUT2D eigenvalue weighted by molar-refractivity contribution is -0.201. The Morgan fingerprint density at radius 1 is 1.17 bits per heavy atom. The van der Waals surface area contributed by atoms with Gasteiger partial charge in [-0.2, -0.15) is 5.26 Å². The zero-order valence-electron chi connectivity index (χ0n) is 22.1. The van der Waals surface area contributed by atoms with Crippen LogP contribution in [-0.4, -0.2) is 58.3 Å². The summed E-state index contributed by atoms with van der Waals surface area (Å²) in [6.07, 6.45) is 1.01. The van der Waals surface area contributed by atoms with Crippen LogP contribution in [0, 0.1) is 23.2 Å². The molecular weight excluding hydrogens is 598 g/mol. The zero-order valence-corrected chi connectivity index (χ0v) is 23.7. The standard InChI is InChI=1S/C30H29BrF2N4O4/c31-17-7-9-21-20-5-1-2-6-22(20)30(41,24(21)13-17)28(40)37-19-8-10-23(29(32,33)14-19)25(37)27(39)36-18(15-34)12-16-4-3-11-35-26(16)38/h1-2,5-7,9,13,16,18-19,23,25,41H,3-4,8,10-12,14H2,(H,35,38)(H,36,39)/t16-,18+,19+,23+,25-,30+/m0/s1. The monoisotopic (exact) mass is 626 g/mol. The van der Waals surface area contributed by atoms with Crippen LogP contribution >= 0.6 is 15.9 Å². The van der Waals surface area contributed by atoms with Crippen molar-refractivity contribution < 1.29 is 28.3 Å². The molecule has 2 bridgehead atoms. The number of hydrogen-bond donors (Lipinski definition) is 3. The van der Waals surface area contributed by atoms with E-state index in [1.54, 1.807) is 42.5 Å². The van der Waals surface area contributed by atoms with Crippen molar-refractivity contribution in [2.45, 2.75) is 68.2 Å². The van der Waals surface area contributed by atoms with Crippen molar-refractivity contribution in [1.29, 1.82) is 5.26 Å². The Morgan fingerprint density at radius 2 is 1.93 bits per heavy atom. The predicted molar refractivity (Wildman–Crippen MR) is 147 cm³/mol. The number of piperidine rings is 3. The third kappa shape index (κ3) is 4.43. The van der Waals surface area contributed by atoms with E-state index in [1.807, 2.05) is 6.07 Å². The topological polar surface area (TPSA) is 123 Å². The van der Waals surface area contributed by atoms with Gasteiger partial charge in [0.1, 0.15) is 12.1 Å². The molecule has 214 valence electrons. The number of carbonyl (C=O) groups excluding carboxylic acids is 3. The summed E-state index contributed by atoms with van der Waals surface area (Å²) in [6, 6.07) is 10.4. The SMILES string of the molecule is N#C[C@@H](C[C@@H]1CCCNC1=O)NC(=O)[C@@H]1[C@H]2CC[C@H](CC2(F)F)N1C(=O)[C@@]1(O)c2ccccc2-c2ccc(Br)cc21. The van der Waals surface area contributed by atoms with Crippen LogP contribution in [0.1, 0.15) is 49.7 Å². The largest absolute Gasteiger partial charge is 0.372 e. The van der Waals surface area contributed by atoms with Gasteiger partial charge in [0.15, 0.2) is 5.60 Å². The first-order chi connectivity index (χ1) is 19.6. The summed E-state index contributed by atoms with van der Waals surface area (Å²) >= 11 is 3.41. The van der Waals surface area contributed by atoms with E-state index in [4.69, 9.17) is 0 Å². The average molecular weight is 627 g/mol. The quantitative estimate of drug-likeness (QED) is 0.468. The molecule has 2 aliphatic carbocycles. The second-order valence-corrected chi connectivity index (χ2v) is 12.4. The minimum absolute atomic E-state index is 0.0267. The van der Waals surface area contributed by atoms with Crippen LogP contribution in [0.2, 0.25) is 0 Å². The minimum atomic E-state index is -3.20. The van der Waals surface area contributed by atoms with Crippen LogP contribution in [0.25, 0.3) is 11.1 Å². The first-order valence-corrected chi connectivity index (χ1v) is 14.7. The number of rotatable bonds is 5. The molecule has 4 fully saturated rings. The molecule has 11 heteroatoms. The second kappa shape index (κ2) is 10.2. The minimum Gasteiger partial charge on any atom is -0.372 e. The number of nitrogens with zero attached hydrogens (tertiary/aromatic N) is 2. The number of nitriles is 1. The van der Waals surface area contributed by atoms with E-state index in [-0.39, 0.29) is 25.2 Å². The van der Waals surface area contributed by atoms with Crippen molar-refractivity contribution in [3.63, 3.8) is 0 Å². The maximum Gasteiger partial charge on any atom is 0.264 e. The van der Waals surface area contributed by atoms with Crippen LogP contribution in [0.3, 0.4) is 0 Å². The first-order valence-electron chi connectivity index (χ1n) is 13.9. The molecule has 2 aromatic carbocycles. The smallest absolute Gasteiger partial charge is 0.264 e. The molecule has 3 aliphatic heterocycles. The van der Waals surface area contributed by atoms with Gasteiger partial charge in [-0.15, -0.1) is 0 Å². The van der Waals surface area contributed by atoms with Gasteiger partial charge in [-0.05, 0) is 55.4 Å². The summed E-state index contributed by atoms with van der Waals surface area (Å²) in [5.74, 6) is -7.09. The molecule has 0 aromatic heterocycles. The molecule has 3 N–H and O–H groups in total. The van der Waals surface area contributed by atoms with Gasteiger partial charge in [0, 0.05) is 40.5 Å². The molecule has 2 aromatic rings. The summed E-state index contributed by atoms with van der Waals surface area (Å²) in [5.41, 5.74) is -0.277. The highest BCUT2D eigenvalue weighted by molar-refractivity contribution is 9.10. The molecule has 1 saturated carbocycles. The highest BCUT2D eigenvalue weighted by Crippen LogP contribution is 2.54. The Labute approximate surface area is 244 Å². The molecule has 3 saturated heterocycles. The van der Waals surface area contributed by atoms with Gasteiger partial charge in [-0.25, -0.2) is 8.78 Å². The average Bonchev–Trinajstić information content (AvgIpc) is 3.21. The van der Waals surface area contributed by atoms with Gasteiger partial charge in [0.25, 0.3) is 11.8 Å². The number of fused-ring (bicyclic) bond motifs is 6. The van der Waals surface area contributed by atoms with Crippen LogP contribution in [-0.2, 0) is 20.0 Å². The Kier molecular flexibility index (Phi) is 6.90. The third-order valence-corrected chi connectivity index (χ3v) is 9.61. The number of hydrogen-bond acceptors (Lipinski definition) is 5. The van der Waals surface area contributed by atoms with Gasteiger partial charge < -0.3 is 20.6 Å². The Hall–Kier alpha value is -3.36. The van der Waals surface area contributed by atoms with Crippen LogP contribution in [0.15, 0.2) is 46.9 Å². The van der Waals surface area contributed by atoms with Gasteiger partial charge in [0.2, 0.25) is 11.8 Å². The normalized spacial score (nSPS) is 30.0. The molecular formula is C30H29BrF2N4O4. The fourth-order valence-corrected chi connectivity index (χ4v) is 7.55. The second-order valence-electron chi connectivity index (χ2n) is 11.5. The lowest BCUT2D eigenvalue weighted by atomic mass is 9.70. The van der Waals surface area contributed by atoms with Crippen LogP contribution < -0.4 is 10.6 Å². The molecule has 0 unspecified atom stereocenters. The number of halogens is 3. The van der Waals surface area contributed by atoms with Crippen molar-refractivity contribution in [3.8, 4) is 17.2 Å². The van der Waals surface area contributed by atoms with E-state index in [2.05, 4.69) is 26.6 Å². The van der Waals surface area contributed by atoms with E-state index in [9.17, 15) is 24.8 Å². The van der Waals surface area contributed by atoms with Gasteiger partial charge in [-0.3, -0.25) is 14.4 Å². The molecule has 41 heavy (non-hydrogen) atoms. The highest BCUT2D eigenvalue weighted by Gasteiger charge is 2.63. The maximum atomic E-state index is 15.3. The molecule has 0 radical (unpaired) electrons. The summed E-state index contributed by atoms with van der Waals surface area (Å²) in [6.45, 7) is 0.544. The zero-order chi connectivity index (χ0) is 29.1. The number of nitrogens with one attached hydrogen (secondary N) is 2. The Balaban J connectivity index is 1.36. The van der Waals surface area contributed by atoms with E-state index in [0.717, 1.165) is 11.3 Å². The number of amides is 3. The van der Waals surface area contributed by atoms with Crippen LogP contribution in [0.5, 0.6) is 0 Å². The molecule has 5 aliphatic rings. The molecule has 6 atom stereocenters. The van der Waals surface area contributed by atoms with E-state index < -0.39 is 59.7 Å². The molecule has 3 amide bonds. The van der Waals surface area contributed by atoms with Crippen molar-refractivity contribution in [2.75, 3.05) is 6.54 Å². The van der Waals surface area contributed by atoms with Gasteiger partial charge in [0.05, 0.1) is 12.0 Å². The molecule has 7 rings (SSSR count). The number of alkyl halides is 2. The fraction of sp³-hybridized carbons (Fsp3) is 0.467. The predicted octanol–water partition coefficient (Wildman–Crippen LogP) is 3.60. The first kappa shape index (κ1) is 27.8. The van der Waals surface area contributed by atoms with Crippen LogP contribution in [0.4, 0.5) is 8.78 Å².